The summed E-state index contributed by atoms with van der Waals surface area (Å²) in [4.78, 5) is 30.4. The number of thioether (sulfide) groups is 1. The zero-order valence-electron chi connectivity index (χ0n) is 16.1. The molecule has 30 heavy (non-hydrogen) atoms. The Balaban J connectivity index is 1.56. The van der Waals surface area contributed by atoms with Crippen LogP contribution in [0.4, 0.5) is 11.4 Å². The van der Waals surface area contributed by atoms with E-state index in [9.17, 15) is 14.9 Å². The first-order chi connectivity index (χ1) is 14.6. The van der Waals surface area contributed by atoms with Crippen LogP contribution in [0.3, 0.4) is 0 Å². The van der Waals surface area contributed by atoms with E-state index in [1.807, 2.05) is 17.7 Å². The normalized spacial score (nSPS) is 12.8. The van der Waals surface area contributed by atoms with Crippen molar-refractivity contribution in [2.45, 2.75) is 23.8 Å². The van der Waals surface area contributed by atoms with E-state index in [1.165, 1.54) is 23.1 Å². The lowest BCUT2D eigenvalue weighted by atomic mass is 10.1. The van der Waals surface area contributed by atoms with Crippen molar-refractivity contribution < 1.29 is 9.59 Å². The highest BCUT2D eigenvalue weighted by Gasteiger charge is 2.28. The zero-order valence-corrected chi connectivity index (χ0v) is 17.8. The van der Waals surface area contributed by atoms with Crippen LogP contribution in [0.25, 0.3) is 0 Å². The van der Waals surface area contributed by atoms with Gasteiger partial charge in [-0.1, -0.05) is 12.1 Å². The van der Waals surface area contributed by atoms with Gasteiger partial charge >= 0.3 is 0 Å². The van der Waals surface area contributed by atoms with E-state index in [1.54, 1.807) is 36.4 Å². The highest BCUT2D eigenvalue weighted by atomic mass is 32.2. The Morgan fingerprint density at radius 1 is 1.13 bits per heavy atom. The second-order valence-corrected chi connectivity index (χ2v) is 8.57. The van der Waals surface area contributed by atoms with E-state index in [0.717, 1.165) is 18.5 Å². The van der Waals surface area contributed by atoms with Crippen molar-refractivity contribution in [3.05, 3.63) is 69.5 Å². The molecule has 0 aliphatic heterocycles. The molecule has 2 N–H and O–H groups in total. The van der Waals surface area contributed by atoms with Crippen molar-refractivity contribution in [1.82, 2.24) is 4.98 Å². The molecule has 1 aliphatic carbocycles. The predicted molar refractivity (Wildman–Crippen MR) is 119 cm³/mol. The van der Waals surface area contributed by atoms with Crippen LogP contribution in [0, 0.1) is 11.3 Å². The van der Waals surface area contributed by atoms with Crippen molar-refractivity contribution in [3.8, 4) is 6.07 Å². The average Bonchev–Trinajstić information content (AvgIpc) is 3.46. The number of aromatic nitrogens is 1. The van der Waals surface area contributed by atoms with Crippen LogP contribution in [0.15, 0.2) is 52.9 Å². The Morgan fingerprint density at radius 3 is 2.47 bits per heavy atom. The summed E-state index contributed by atoms with van der Waals surface area (Å²) in [7, 11) is 0. The van der Waals surface area contributed by atoms with E-state index in [-0.39, 0.29) is 17.4 Å². The van der Waals surface area contributed by atoms with Crippen molar-refractivity contribution in [1.29, 1.82) is 5.26 Å². The second-order valence-electron chi connectivity index (χ2n) is 6.83. The summed E-state index contributed by atoms with van der Waals surface area (Å²) < 4.78 is 0. The summed E-state index contributed by atoms with van der Waals surface area (Å²) in [5, 5.41) is 17.7. The fourth-order valence-corrected chi connectivity index (χ4v) is 4.21. The third-order valence-electron chi connectivity index (χ3n) is 4.67. The molecular formula is C22H18N4O2S2. The minimum atomic E-state index is -0.368. The minimum absolute atomic E-state index is 0.201. The van der Waals surface area contributed by atoms with Crippen molar-refractivity contribution in [2.75, 3.05) is 16.9 Å². The molecule has 2 aromatic heterocycles. The molecule has 1 saturated carbocycles. The van der Waals surface area contributed by atoms with Gasteiger partial charge in [-0.25, -0.2) is 4.98 Å². The molecule has 4 rings (SSSR count). The molecule has 8 heteroatoms. The molecule has 0 saturated heterocycles. The average molecular weight is 435 g/mol. The number of thiophene rings is 1. The molecule has 0 radical (unpaired) electrons. The lowest BCUT2D eigenvalue weighted by molar-refractivity contribution is 0.102. The zero-order chi connectivity index (χ0) is 21.1. The molecule has 1 aliphatic rings. The molecule has 0 unspecified atom stereocenters. The summed E-state index contributed by atoms with van der Waals surface area (Å²) in [5.41, 5.74) is 2.58. The Kier molecular flexibility index (Phi) is 5.84. The van der Waals surface area contributed by atoms with E-state index >= 15 is 0 Å². The Morgan fingerprint density at radius 2 is 1.87 bits per heavy atom. The maximum Gasteiger partial charge on any atom is 0.265 e. The largest absolute Gasteiger partial charge is 0.322 e. The lowest BCUT2D eigenvalue weighted by Gasteiger charge is -2.12. The number of hydrogen-bond acceptors (Lipinski definition) is 6. The number of nitrogens with one attached hydrogen (secondary N) is 2. The van der Waals surface area contributed by atoms with Crippen LogP contribution >= 0.6 is 23.1 Å². The Bertz CT molecular complexity index is 1150. The number of pyridine rings is 1. The summed E-state index contributed by atoms with van der Waals surface area (Å²) in [5.74, 6) is -0.202. The Labute approximate surface area is 182 Å². The van der Waals surface area contributed by atoms with Gasteiger partial charge in [0.25, 0.3) is 11.8 Å². The van der Waals surface area contributed by atoms with Crippen molar-refractivity contribution in [3.63, 3.8) is 0 Å². The minimum Gasteiger partial charge on any atom is -0.322 e. The molecule has 1 aromatic carbocycles. The molecule has 1 fully saturated rings. The number of carbonyl (C=O) groups excluding carboxylic acids is 2. The monoisotopic (exact) mass is 434 g/mol. The number of hydrogen-bond donors (Lipinski definition) is 2. The number of benzene rings is 1. The summed E-state index contributed by atoms with van der Waals surface area (Å²) in [6.45, 7) is 0. The van der Waals surface area contributed by atoms with Gasteiger partial charge in [-0.2, -0.15) is 5.26 Å². The van der Waals surface area contributed by atoms with Gasteiger partial charge in [0, 0.05) is 23.0 Å². The van der Waals surface area contributed by atoms with Crippen molar-refractivity contribution in [2.24, 2.45) is 0 Å². The standard InChI is InChI=1S/C22H18N4O2S2/c1-29-22-17(12-23)16(11-18(26-22)13-7-8-13)20(27)24-14-4-2-5-15(10-14)25-21(28)19-6-3-9-30-19/h2-6,9-11,13H,7-8H2,1H3,(H,24,27)(H,25,28). The van der Waals surface area contributed by atoms with E-state index in [4.69, 9.17) is 0 Å². The van der Waals surface area contributed by atoms with Gasteiger partial charge in [0.15, 0.2) is 0 Å². The first kappa shape index (κ1) is 20.1. The van der Waals surface area contributed by atoms with Crippen LogP contribution in [0.2, 0.25) is 0 Å². The third-order valence-corrected chi connectivity index (χ3v) is 6.23. The van der Waals surface area contributed by atoms with Gasteiger partial charge in [0.1, 0.15) is 11.1 Å². The summed E-state index contributed by atoms with van der Waals surface area (Å²) >= 11 is 2.72. The van der Waals surface area contributed by atoms with Crippen LogP contribution in [0.1, 0.15) is 50.0 Å². The highest BCUT2D eigenvalue weighted by Crippen LogP contribution is 2.40. The van der Waals surface area contributed by atoms with E-state index in [0.29, 0.717) is 32.8 Å². The van der Waals surface area contributed by atoms with Gasteiger partial charge in [0.05, 0.1) is 16.0 Å². The van der Waals surface area contributed by atoms with Gasteiger partial charge in [0.2, 0.25) is 0 Å². The SMILES string of the molecule is CSc1nc(C2CC2)cc(C(=O)Nc2cccc(NC(=O)c3cccs3)c2)c1C#N. The number of carbonyl (C=O) groups is 2. The van der Waals surface area contributed by atoms with E-state index < -0.39 is 0 Å². The van der Waals surface area contributed by atoms with Crippen LogP contribution < -0.4 is 10.6 Å². The van der Waals surface area contributed by atoms with Crippen molar-refractivity contribution >= 4 is 46.3 Å². The Hall–Kier alpha value is -3.15. The van der Waals surface area contributed by atoms with Gasteiger partial charge in [-0.3, -0.25) is 9.59 Å². The van der Waals surface area contributed by atoms with Gasteiger partial charge < -0.3 is 10.6 Å². The number of rotatable bonds is 6. The fraction of sp³-hybridized carbons (Fsp3) is 0.182. The second kappa shape index (κ2) is 8.69. The first-order valence-electron chi connectivity index (χ1n) is 9.34. The molecule has 150 valence electrons. The molecule has 2 heterocycles. The topological polar surface area (TPSA) is 94.9 Å². The third kappa shape index (κ3) is 4.37. The smallest absolute Gasteiger partial charge is 0.265 e. The highest BCUT2D eigenvalue weighted by molar-refractivity contribution is 7.98. The maximum absolute atomic E-state index is 13.0. The maximum atomic E-state index is 13.0. The number of nitrogens with zero attached hydrogens (tertiary/aromatic N) is 2. The quantitative estimate of drug-likeness (QED) is 0.525. The molecule has 0 spiro atoms. The number of nitriles is 1. The van der Waals surface area contributed by atoms with Crippen LogP contribution in [-0.4, -0.2) is 23.1 Å². The van der Waals surface area contributed by atoms with Gasteiger partial charge in [-0.15, -0.1) is 23.1 Å². The van der Waals surface area contributed by atoms with Crippen LogP contribution in [-0.2, 0) is 0 Å². The summed E-state index contributed by atoms with van der Waals surface area (Å²) in [6.07, 6.45) is 3.96. The van der Waals surface area contributed by atoms with Gasteiger partial charge in [-0.05, 0) is 54.8 Å². The summed E-state index contributed by atoms with van der Waals surface area (Å²) in [6, 6.07) is 14.3. The molecule has 0 bridgehead atoms. The molecule has 3 aromatic rings. The molecular weight excluding hydrogens is 416 g/mol. The van der Waals surface area contributed by atoms with Crippen LogP contribution in [0.5, 0.6) is 0 Å². The first-order valence-corrected chi connectivity index (χ1v) is 11.4. The fourth-order valence-electron chi connectivity index (χ4n) is 3.04. The molecule has 2 amide bonds. The number of anilines is 2. The van der Waals surface area contributed by atoms with E-state index in [2.05, 4.69) is 21.7 Å². The molecule has 6 nitrogen and oxygen atoms in total. The number of amides is 2. The molecule has 0 atom stereocenters. The lowest BCUT2D eigenvalue weighted by Crippen LogP contribution is -2.16. The predicted octanol–water partition coefficient (Wildman–Crippen LogP) is 5.12.